The van der Waals surface area contributed by atoms with Crippen molar-refractivity contribution in [3.05, 3.63) is 64.7 Å². The molecule has 0 aromatic heterocycles. The number of benzene rings is 2. The van der Waals surface area contributed by atoms with E-state index >= 15 is 0 Å². The smallest absolute Gasteiger partial charge is 0.343 e. The molecule has 0 aliphatic carbocycles. The van der Waals surface area contributed by atoms with Crippen molar-refractivity contribution in [3.63, 3.8) is 0 Å². The largest absolute Gasteiger partial charge is 0.416 e. The van der Waals surface area contributed by atoms with E-state index in [1.807, 2.05) is 12.1 Å². The van der Waals surface area contributed by atoms with Crippen LogP contribution in [0.25, 0.3) is 0 Å². The van der Waals surface area contributed by atoms with Crippen molar-refractivity contribution in [3.8, 4) is 0 Å². The van der Waals surface area contributed by atoms with Gasteiger partial charge in [0.15, 0.2) is 0 Å². The highest BCUT2D eigenvalue weighted by Crippen LogP contribution is 2.34. The van der Waals surface area contributed by atoms with Gasteiger partial charge in [-0.1, -0.05) is 30.3 Å². The van der Waals surface area contributed by atoms with Crippen molar-refractivity contribution in [2.45, 2.75) is 51.5 Å². The number of rotatable bonds is 5. The summed E-state index contributed by atoms with van der Waals surface area (Å²) in [6, 6.07) is 10.1. The van der Waals surface area contributed by atoms with E-state index in [0.717, 1.165) is 11.6 Å². The zero-order valence-corrected chi connectivity index (χ0v) is 17.7. The molecule has 166 valence electrons. The molecule has 0 unspecified atom stereocenters. The number of para-hydroxylation sites is 1. The maximum absolute atomic E-state index is 13.4. The van der Waals surface area contributed by atoms with Gasteiger partial charge in [-0.15, -0.1) is 0 Å². The number of hydrogen-bond donors (Lipinski definition) is 2. The number of nitrogens with zero attached hydrogens (tertiary/aromatic N) is 1. The number of anilines is 1. The Labute approximate surface area is 179 Å². The molecular weight excluding hydrogens is 407 g/mol. The second-order valence-corrected chi connectivity index (χ2v) is 7.75. The van der Waals surface area contributed by atoms with Crippen LogP contribution in [0.1, 0.15) is 35.6 Å². The second-order valence-electron chi connectivity index (χ2n) is 7.75. The van der Waals surface area contributed by atoms with Crippen LogP contribution in [0.15, 0.2) is 42.5 Å². The van der Waals surface area contributed by atoms with Crippen LogP contribution in [0, 0.1) is 6.92 Å². The Morgan fingerprint density at radius 3 is 2.58 bits per heavy atom. The molecule has 0 saturated heterocycles. The van der Waals surface area contributed by atoms with Crippen LogP contribution >= 0.6 is 0 Å². The first-order valence-electron chi connectivity index (χ1n) is 10.2. The predicted molar refractivity (Wildman–Crippen MR) is 113 cm³/mol. The van der Waals surface area contributed by atoms with E-state index in [4.69, 9.17) is 0 Å². The Balaban J connectivity index is 1.98. The lowest BCUT2D eigenvalue weighted by Crippen LogP contribution is -2.52. The fourth-order valence-corrected chi connectivity index (χ4v) is 3.77. The summed E-state index contributed by atoms with van der Waals surface area (Å²) in [6.45, 7) is 3.09. The van der Waals surface area contributed by atoms with Gasteiger partial charge in [0.1, 0.15) is 6.04 Å². The van der Waals surface area contributed by atoms with Crippen molar-refractivity contribution in [2.75, 3.05) is 11.9 Å². The van der Waals surface area contributed by atoms with Crippen molar-refractivity contribution >= 4 is 17.5 Å². The van der Waals surface area contributed by atoms with E-state index in [2.05, 4.69) is 10.6 Å². The molecule has 0 fully saturated rings. The van der Waals surface area contributed by atoms with Gasteiger partial charge in [0, 0.05) is 5.69 Å². The van der Waals surface area contributed by atoms with E-state index < -0.39 is 23.8 Å². The summed E-state index contributed by atoms with van der Waals surface area (Å²) in [5, 5.41) is 5.62. The topological polar surface area (TPSA) is 61.4 Å². The van der Waals surface area contributed by atoms with Gasteiger partial charge in [-0.2, -0.15) is 13.2 Å². The number of likely N-dealkylation sites (N-methyl/N-ethyl adjacent to an activating group) is 1. The maximum Gasteiger partial charge on any atom is 0.416 e. The van der Waals surface area contributed by atoms with Crippen molar-refractivity contribution in [1.82, 2.24) is 10.6 Å². The van der Waals surface area contributed by atoms with Crippen molar-refractivity contribution in [2.24, 2.45) is 0 Å². The Morgan fingerprint density at radius 2 is 1.90 bits per heavy atom. The van der Waals surface area contributed by atoms with E-state index in [1.54, 1.807) is 32.2 Å². The molecule has 1 heterocycles. The molecular formula is C23H26F3N3O2. The third kappa shape index (κ3) is 4.90. The molecule has 5 nitrogen and oxygen atoms in total. The predicted octanol–water partition coefficient (Wildman–Crippen LogP) is 3.59. The van der Waals surface area contributed by atoms with Gasteiger partial charge in [-0.3, -0.25) is 9.59 Å². The minimum Gasteiger partial charge on any atom is -0.343 e. The molecule has 0 spiro atoms. The second kappa shape index (κ2) is 9.09. The number of carbonyl (C=O) groups is 2. The zero-order chi connectivity index (χ0) is 22.8. The minimum absolute atomic E-state index is 0.0143. The van der Waals surface area contributed by atoms with E-state index in [-0.39, 0.29) is 23.9 Å². The summed E-state index contributed by atoms with van der Waals surface area (Å²) >= 11 is 0. The van der Waals surface area contributed by atoms with Crippen LogP contribution in [-0.4, -0.2) is 30.9 Å². The fraction of sp³-hybridized carbons (Fsp3) is 0.391. The summed E-state index contributed by atoms with van der Waals surface area (Å²) in [5.41, 5.74) is 1.36. The zero-order valence-electron chi connectivity index (χ0n) is 17.7. The number of amides is 2. The number of nitrogens with one attached hydrogen (secondary N) is 2. The molecule has 2 aromatic rings. The number of hydrogen-bond acceptors (Lipinski definition) is 3. The lowest BCUT2D eigenvalue weighted by molar-refractivity contribution is -0.138. The van der Waals surface area contributed by atoms with Gasteiger partial charge in [-0.25, -0.2) is 0 Å². The maximum atomic E-state index is 13.4. The normalized spacial score (nSPS) is 17.7. The Kier molecular flexibility index (Phi) is 6.69. The van der Waals surface area contributed by atoms with Gasteiger partial charge >= 0.3 is 6.18 Å². The Bertz CT molecular complexity index is 975. The summed E-state index contributed by atoms with van der Waals surface area (Å²) in [7, 11) is 1.65. The molecule has 2 aromatic carbocycles. The van der Waals surface area contributed by atoms with Gasteiger partial charge < -0.3 is 15.5 Å². The number of carbonyl (C=O) groups excluding carboxylic acids is 2. The fourth-order valence-electron chi connectivity index (χ4n) is 3.77. The van der Waals surface area contributed by atoms with Crippen LogP contribution in [0.5, 0.6) is 0 Å². The molecule has 2 amide bonds. The van der Waals surface area contributed by atoms with Crippen LogP contribution in [0.2, 0.25) is 0 Å². The third-order valence-corrected chi connectivity index (χ3v) is 5.77. The molecule has 31 heavy (non-hydrogen) atoms. The first-order chi connectivity index (χ1) is 14.6. The average molecular weight is 433 g/mol. The van der Waals surface area contributed by atoms with Crippen LogP contribution < -0.4 is 15.5 Å². The molecule has 8 heteroatoms. The summed E-state index contributed by atoms with van der Waals surface area (Å²) in [4.78, 5) is 27.3. The van der Waals surface area contributed by atoms with Crippen molar-refractivity contribution in [1.29, 1.82) is 0 Å². The molecule has 1 aliphatic rings. The van der Waals surface area contributed by atoms with Crippen LogP contribution in [0.4, 0.5) is 18.9 Å². The summed E-state index contributed by atoms with van der Waals surface area (Å²) in [5.74, 6) is -0.638. The van der Waals surface area contributed by atoms with Crippen LogP contribution in [-0.2, 0) is 28.7 Å². The lowest BCUT2D eigenvalue weighted by atomic mass is 10.0. The quantitative estimate of drug-likeness (QED) is 0.758. The number of fused-ring (bicyclic) bond motifs is 1. The first kappa shape index (κ1) is 22.8. The molecule has 1 aliphatic heterocycles. The first-order valence-corrected chi connectivity index (χ1v) is 10.2. The molecule has 0 radical (unpaired) electrons. The van der Waals surface area contributed by atoms with Gasteiger partial charge in [0.25, 0.3) is 0 Å². The Morgan fingerprint density at radius 1 is 1.19 bits per heavy atom. The molecule has 2 N–H and O–H groups in total. The van der Waals surface area contributed by atoms with Gasteiger partial charge in [-0.05, 0) is 62.6 Å². The average Bonchev–Trinajstić information content (AvgIpc) is 2.85. The van der Waals surface area contributed by atoms with Gasteiger partial charge in [0.2, 0.25) is 11.8 Å². The van der Waals surface area contributed by atoms with E-state index in [0.29, 0.717) is 24.1 Å². The van der Waals surface area contributed by atoms with Crippen molar-refractivity contribution < 1.29 is 22.8 Å². The molecule has 0 bridgehead atoms. The molecule has 0 saturated carbocycles. The standard InChI is InChI=1S/C23H26F3N3O2/c1-14-17(8-6-9-18(14)23(24,25)26)13-29-20-10-5-4-7-16(20)11-12-19(22(29)31)28-21(30)15(2)27-3/h4-10,15,19,27H,11-13H2,1-3H3,(H,28,30)/t15-,19-/m0/s1. The number of halogens is 3. The third-order valence-electron chi connectivity index (χ3n) is 5.77. The number of alkyl halides is 3. The Hall–Kier alpha value is -2.87. The highest BCUT2D eigenvalue weighted by Gasteiger charge is 2.35. The lowest BCUT2D eigenvalue weighted by Gasteiger charge is -2.28. The molecule has 3 rings (SSSR count). The SMILES string of the molecule is CN[C@@H](C)C(=O)N[C@H]1CCc2ccccc2N(Cc2cccc(C(F)(F)F)c2C)C1=O. The minimum atomic E-state index is -4.47. The highest BCUT2D eigenvalue weighted by atomic mass is 19.4. The van der Waals surface area contributed by atoms with E-state index in [1.165, 1.54) is 17.9 Å². The summed E-state index contributed by atoms with van der Waals surface area (Å²) in [6.07, 6.45) is -3.49. The van der Waals surface area contributed by atoms with E-state index in [9.17, 15) is 22.8 Å². The summed E-state index contributed by atoms with van der Waals surface area (Å²) < 4.78 is 40.1. The molecule has 2 atom stereocenters. The number of aryl methyl sites for hydroxylation is 1. The highest BCUT2D eigenvalue weighted by molar-refractivity contribution is 6.00. The van der Waals surface area contributed by atoms with Gasteiger partial charge in [0.05, 0.1) is 18.2 Å². The van der Waals surface area contributed by atoms with Crippen LogP contribution in [0.3, 0.4) is 0 Å². The monoisotopic (exact) mass is 433 g/mol.